The van der Waals surface area contributed by atoms with E-state index in [9.17, 15) is 9.59 Å². The molecule has 0 N–H and O–H groups in total. The van der Waals surface area contributed by atoms with Gasteiger partial charge in [0.1, 0.15) is 0 Å². The van der Waals surface area contributed by atoms with Crippen molar-refractivity contribution < 1.29 is 23.8 Å². The number of hydrogen-bond donors (Lipinski definition) is 0. The summed E-state index contributed by atoms with van der Waals surface area (Å²) in [6.45, 7) is 10.6. The van der Waals surface area contributed by atoms with Crippen molar-refractivity contribution in [1.82, 2.24) is 4.90 Å². The van der Waals surface area contributed by atoms with Crippen molar-refractivity contribution in [3.8, 4) is 0 Å². The fourth-order valence-corrected chi connectivity index (χ4v) is 3.57. The number of carbonyl (C=O) groups is 2. The summed E-state index contributed by atoms with van der Waals surface area (Å²) in [4.78, 5) is 26.3. The second-order valence-electron chi connectivity index (χ2n) is 7.45. The van der Waals surface area contributed by atoms with Crippen LogP contribution in [0.1, 0.15) is 53.9 Å². The average molecular weight is 365 g/mol. The molecule has 1 amide bonds. The molecule has 1 atom stereocenters. The van der Waals surface area contributed by atoms with Crippen molar-refractivity contribution >= 4 is 11.9 Å². The van der Waals surface area contributed by atoms with Gasteiger partial charge in [0.25, 0.3) is 5.91 Å². The van der Waals surface area contributed by atoms with Crippen LogP contribution in [0, 0.1) is 0 Å². The van der Waals surface area contributed by atoms with Crippen molar-refractivity contribution in [2.45, 2.75) is 77.9 Å². The molecule has 1 fully saturated rings. The fraction of sp³-hybridized carbons (Fsp3) is 0.700. The van der Waals surface area contributed by atoms with E-state index in [1.54, 1.807) is 17.9 Å². The standard InChI is InChI=1S/C20H31NO5/c1-14(2)21(15(3)4)19(23)16(5)26-18(22)9-8-17-7-6-10-20(13-17)24-11-12-25-20/h7-9,14-16H,6,10-13H2,1-5H3/b9-8+/t16-/m1/s1. The minimum Gasteiger partial charge on any atom is -0.449 e. The quantitative estimate of drug-likeness (QED) is 0.535. The maximum Gasteiger partial charge on any atom is 0.331 e. The number of amides is 1. The molecule has 6 heteroatoms. The van der Waals surface area contributed by atoms with E-state index < -0.39 is 17.9 Å². The summed E-state index contributed by atoms with van der Waals surface area (Å²) in [7, 11) is 0. The number of allylic oxidation sites excluding steroid dienone is 2. The van der Waals surface area contributed by atoms with Crippen molar-refractivity contribution in [1.29, 1.82) is 0 Å². The van der Waals surface area contributed by atoms with Gasteiger partial charge in [0.2, 0.25) is 0 Å². The molecule has 0 aromatic rings. The molecule has 146 valence electrons. The third kappa shape index (κ3) is 5.17. The Morgan fingerprint density at radius 1 is 1.15 bits per heavy atom. The summed E-state index contributed by atoms with van der Waals surface area (Å²) in [6.07, 6.45) is 6.67. The first-order valence-corrected chi connectivity index (χ1v) is 9.42. The molecule has 1 saturated heterocycles. The van der Waals surface area contributed by atoms with Crippen molar-refractivity contribution in [2.24, 2.45) is 0 Å². The van der Waals surface area contributed by atoms with Gasteiger partial charge in [0.05, 0.1) is 13.2 Å². The molecule has 0 aromatic carbocycles. The summed E-state index contributed by atoms with van der Waals surface area (Å²) >= 11 is 0. The summed E-state index contributed by atoms with van der Waals surface area (Å²) in [6, 6.07) is 0.100. The molecule has 1 spiro atoms. The van der Waals surface area contributed by atoms with Crippen LogP contribution >= 0.6 is 0 Å². The second-order valence-corrected chi connectivity index (χ2v) is 7.45. The molecule has 26 heavy (non-hydrogen) atoms. The highest BCUT2D eigenvalue weighted by Crippen LogP contribution is 2.36. The zero-order chi connectivity index (χ0) is 19.3. The lowest BCUT2D eigenvalue weighted by molar-refractivity contribution is -0.162. The highest BCUT2D eigenvalue weighted by atomic mass is 16.7. The summed E-state index contributed by atoms with van der Waals surface area (Å²) < 4.78 is 16.7. The molecular formula is C20H31NO5. The van der Waals surface area contributed by atoms with Crippen molar-refractivity contribution in [2.75, 3.05) is 13.2 Å². The highest BCUT2D eigenvalue weighted by Gasteiger charge is 2.38. The molecule has 1 heterocycles. The highest BCUT2D eigenvalue weighted by molar-refractivity contribution is 5.88. The first-order chi connectivity index (χ1) is 12.2. The van der Waals surface area contributed by atoms with Crippen molar-refractivity contribution in [3.63, 3.8) is 0 Å². The number of hydrogen-bond acceptors (Lipinski definition) is 5. The summed E-state index contributed by atoms with van der Waals surface area (Å²) in [5.41, 5.74) is 0.986. The molecule has 0 saturated carbocycles. The van der Waals surface area contributed by atoms with E-state index in [1.165, 1.54) is 6.08 Å². The Kier molecular flexibility index (Phi) is 7.01. The van der Waals surface area contributed by atoms with Crippen LogP contribution in [-0.2, 0) is 23.8 Å². The van der Waals surface area contributed by atoms with E-state index >= 15 is 0 Å². The van der Waals surface area contributed by atoms with Gasteiger partial charge < -0.3 is 19.1 Å². The molecule has 1 aliphatic heterocycles. The topological polar surface area (TPSA) is 65.1 Å². The van der Waals surface area contributed by atoms with Crippen LogP contribution in [0.5, 0.6) is 0 Å². The third-order valence-corrected chi connectivity index (χ3v) is 4.66. The lowest BCUT2D eigenvalue weighted by Crippen LogP contribution is -2.47. The molecule has 2 rings (SSSR count). The number of rotatable bonds is 6. The van der Waals surface area contributed by atoms with Gasteiger partial charge in [-0.15, -0.1) is 0 Å². The summed E-state index contributed by atoms with van der Waals surface area (Å²) in [5.74, 6) is -1.23. The smallest absolute Gasteiger partial charge is 0.331 e. The monoisotopic (exact) mass is 365 g/mol. The van der Waals surface area contributed by atoms with E-state index in [0.717, 1.165) is 18.4 Å². The van der Waals surface area contributed by atoms with Gasteiger partial charge in [-0.1, -0.05) is 12.2 Å². The zero-order valence-electron chi connectivity index (χ0n) is 16.5. The minimum atomic E-state index is -0.815. The normalized spacial score (nSPS) is 20.7. The Hall–Kier alpha value is -1.66. The first kappa shape index (κ1) is 20.6. The Balaban J connectivity index is 1.90. The van der Waals surface area contributed by atoms with Crippen LogP contribution in [0.15, 0.2) is 23.8 Å². The van der Waals surface area contributed by atoms with E-state index in [1.807, 2.05) is 27.7 Å². The Bertz CT molecular complexity index is 565. The van der Waals surface area contributed by atoms with Crippen molar-refractivity contribution in [3.05, 3.63) is 23.8 Å². The number of ether oxygens (including phenoxy) is 3. The molecule has 0 bridgehead atoms. The third-order valence-electron chi connectivity index (χ3n) is 4.66. The predicted octanol–water partition coefficient (Wildman–Crippen LogP) is 2.97. The summed E-state index contributed by atoms with van der Waals surface area (Å²) in [5, 5.41) is 0. The van der Waals surface area contributed by atoms with E-state index in [2.05, 4.69) is 6.08 Å². The number of esters is 1. The Morgan fingerprint density at radius 3 is 2.35 bits per heavy atom. The predicted molar refractivity (Wildman–Crippen MR) is 98.4 cm³/mol. The molecule has 0 radical (unpaired) electrons. The van der Waals surface area contributed by atoms with Crippen LogP contribution in [0.3, 0.4) is 0 Å². The molecular weight excluding hydrogens is 334 g/mol. The van der Waals surface area contributed by atoms with E-state index in [0.29, 0.717) is 19.6 Å². The van der Waals surface area contributed by atoms with E-state index in [-0.39, 0.29) is 18.0 Å². The fourth-order valence-electron chi connectivity index (χ4n) is 3.57. The molecule has 6 nitrogen and oxygen atoms in total. The molecule has 0 unspecified atom stereocenters. The van der Waals surface area contributed by atoms with Crippen LogP contribution < -0.4 is 0 Å². The first-order valence-electron chi connectivity index (χ1n) is 9.42. The molecule has 0 aromatic heterocycles. The molecule has 2 aliphatic rings. The van der Waals surface area contributed by atoms with Gasteiger partial charge in [-0.25, -0.2) is 4.79 Å². The van der Waals surface area contributed by atoms with Gasteiger partial charge in [-0.05, 0) is 46.6 Å². The second kappa shape index (κ2) is 8.82. The SMILES string of the molecule is CC(C)N(C(=O)[C@@H](C)OC(=O)/C=C/C1=CCCC2(C1)OCCO2)C(C)C. The number of carbonyl (C=O) groups excluding carboxylic acids is 2. The Morgan fingerprint density at radius 2 is 1.77 bits per heavy atom. The maximum atomic E-state index is 12.5. The van der Waals surface area contributed by atoms with Crippen LogP contribution in [-0.4, -0.2) is 54.0 Å². The average Bonchev–Trinajstić information content (AvgIpc) is 3.00. The van der Waals surface area contributed by atoms with Gasteiger partial charge in [0, 0.05) is 31.0 Å². The number of nitrogens with zero attached hydrogens (tertiary/aromatic N) is 1. The van der Waals surface area contributed by atoms with Gasteiger partial charge in [0.15, 0.2) is 11.9 Å². The van der Waals surface area contributed by atoms with Gasteiger partial charge in [-0.2, -0.15) is 0 Å². The molecule has 1 aliphatic carbocycles. The maximum absolute atomic E-state index is 12.5. The van der Waals surface area contributed by atoms with E-state index in [4.69, 9.17) is 14.2 Å². The lowest BCUT2D eigenvalue weighted by Gasteiger charge is -2.32. The largest absolute Gasteiger partial charge is 0.449 e. The van der Waals surface area contributed by atoms with Gasteiger partial charge >= 0.3 is 5.97 Å². The van der Waals surface area contributed by atoms with Gasteiger partial charge in [-0.3, -0.25) is 4.79 Å². The Labute approximate surface area is 156 Å². The minimum absolute atomic E-state index is 0.0502. The lowest BCUT2D eigenvalue weighted by atomic mass is 9.93. The van der Waals surface area contributed by atoms with Crippen LogP contribution in [0.25, 0.3) is 0 Å². The zero-order valence-corrected chi connectivity index (χ0v) is 16.5. The van der Waals surface area contributed by atoms with Crippen LogP contribution in [0.2, 0.25) is 0 Å². The van der Waals surface area contributed by atoms with Crippen LogP contribution in [0.4, 0.5) is 0 Å².